The Balaban J connectivity index is 0. The summed E-state index contributed by atoms with van der Waals surface area (Å²) in [5.41, 5.74) is 0. The first-order valence-corrected chi connectivity index (χ1v) is 9.55. The largest absolute Gasteiger partial charge is 0.743 e. The van der Waals surface area contributed by atoms with Crippen molar-refractivity contribution in [2.24, 2.45) is 0 Å². The van der Waals surface area contributed by atoms with Crippen LogP contribution in [0.2, 0.25) is 0 Å². The molecule has 1 atom stereocenters. The zero-order valence-electron chi connectivity index (χ0n) is 15.4. The third-order valence-corrected chi connectivity index (χ3v) is 5.36. The molecule has 0 radical (unpaired) electrons. The molecule has 13 heteroatoms. The fraction of sp³-hybridized carbons (Fsp3) is 1.00. The highest BCUT2D eigenvalue weighted by molar-refractivity contribution is 7.86. The summed E-state index contributed by atoms with van der Waals surface area (Å²) in [6, 6.07) is 0. The maximum atomic E-state index is 12.6. The molecule has 0 fully saturated rings. The zero-order valence-corrected chi connectivity index (χ0v) is 16.2. The van der Waals surface area contributed by atoms with Crippen LogP contribution in [0.4, 0.5) is 35.1 Å². The Morgan fingerprint density at radius 2 is 1.19 bits per heavy atom. The first-order chi connectivity index (χ1) is 11.9. The molecule has 0 spiro atoms. The molecule has 0 aromatic heterocycles. The van der Waals surface area contributed by atoms with E-state index in [0.29, 0.717) is 0 Å². The quantitative estimate of drug-likeness (QED) is 0.305. The summed E-state index contributed by atoms with van der Waals surface area (Å²) in [6.45, 7) is 14.2. The van der Waals surface area contributed by atoms with Crippen LogP contribution in [0.3, 0.4) is 0 Å². The molecule has 0 heterocycles. The molecule has 0 aliphatic heterocycles. The van der Waals surface area contributed by atoms with E-state index < -0.39 is 46.5 Å². The lowest BCUT2D eigenvalue weighted by Gasteiger charge is -2.34. The number of quaternary nitrogens is 1. The summed E-state index contributed by atoms with van der Waals surface area (Å²) in [5.74, 6) is -6.04. The molecule has 166 valence electrons. The van der Waals surface area contributed by atoms with Crippen LogP contribution in [0.25, 0.3) is 0 Å². The predicted octanol–water partition coefficient (Wildman–Crippen LogP) is 4.32. The van der Waals surface area contributed by atoms with Crippen LogP contribution < -0.4 is 0 Å². The van der Waals surface area contributed by atoms with Crippen LogP contribution in [0.15, 0.2) is 0 Å². The minimum Gasteiger partial charge on any atom is -0.743 e. The molecule has 0 N–H and O–H groups in total. The summed E-state index contributed by atoms with van der Waals surface area (Å²) >= 11 is 0. The van der Waals surface area contributed by atoms with Crippen LogP contribution >= 0.6 is 0 Å². The van der Waals surface area contributed by atoms with Gasteiger partial charge in [0, 0.05) is 6.42 Å². The lowest BCUT2D eigenvalue weighted by Crippen LogP contribution is -2.52. The fourth-order valence-corrected chi connectivity index (χ4v) is 2.62. The smallest absolute Gasteiger partial charge is 0.399 e. The second-order valence-electron chi connectivity index (χ2n) is 5.82. The van der Waals surface area contributed by atoms with E-state index >= 15 is 0 Å². The first kappa shape index (κ1) is 28.5. The van der Waals surface area contributed by atoms with E-state index in [1.807, 2.05) is 0 Å². The molecule has 1 unspecified atom stereocenters. The van der Waals surface area contributed by atoms with E-state index in [-0.39, 0.29) is 0 Å². The van der Waals surface area contributed by atoms with Crippen LogP contribution in [0.1, 0.15) is 40.5 Å². The van der Waals surface area contributed by atoms with E-state index in [4.69, 9.17) is 0 Å². The van der Waals surface area contributed by atoms with Gasteiger partial charge < -0.3 is 9.04 Å². The molecule has 0 aliphatic carbocycles. The van der Waals surface area contributed by atoms with Gasteiger partial charge in [-0.25, -0.2) is 12.8 Å². The Hall–Kier alpha value is -0.690. The summed E-state index contributed by atoms with van der Waals surface area (Å²) < 4.78 is 128. The van der Waals surface area contributed by atoms with Crippen molar-refractivity contribution in [3.8, 4) is 0 Å². The molecular formula is C14H25F8NO3S. The number of hydrogen-bond donors (Lipinski definition) is 0. The number of nitrogens with zero attached hydrogens (tertiary/aromatic N) is 1. The number of alkyl halides is 8. The standard InChI is InChI=1S/C8H20N.C6H6F8O3S/c1-5-9(6-2,7-3)8-4;7-3(1-2-4(8,9)10)5(11,12)6(13,14)18(15,16)17/h5-8H2,1-4H3;3H,1-2H2,(H,15,16,17)/q+1;/p-1. The Morgan fingerprint density at radius 3 is 1.37 bits per heavy atom. The average molecular weight is 439 g/mol. The molecular weight excluding hydrogens is 414 g/mol. The SMILES string of the molecule is CC[N+](CC)(CC)CC.O=S(=O)([O-])C(F)(F)C(F)(F)C(F)CCC(F)(F)F. The maximum Gasteiger partial charge on any atom is 0.399 e. The van der Waals surface area contributed by atoms with Crippen LogP contribution in [0, 0.1) is 0 Å². The predicted molar refractivity (Wildman–Crippen MR) is 82.2 cm³/mol. The first-order valence-electron chi connectivity index (χ1n) is 8.14. The lowest BCUT2D eigenvalue weighted by atomic mass is 10.1. The van der Waals surface area contributed by atoms with Crippen LogP contribution in [-0.4, -0.2) is 67.2 Å². The molecule has 0 aromatic rings. The van der Waals surface area contributed by atoms with Crippen molar-refractivity contribution >= 4 is 10.1 Å². The van der Waals surface area contributed by atoms with Gasteiger partial charge in [0.1, 0.15) is 0 Å². The van der Waals surface area contributed by atoms with E-state index in [0.717, 1.165) is 0 Å². The third-order valence-electron chi connectivity index (χ3n) is 4.46. The topological polar surface area (TPSA) is 57.2 Å². The Labute approximate surface area is 153 Å². The van der Waals surface area contributed by atoms with Crippen molar-refractivity contribution in [3.05, 3.63) is 0 Å². The monoisotopic (exact) mass is 439 g/mol. The Morgan fingerprint density at radius 1 is 0.852 bits per heavy atom. The Kier molecular flexibility index (Phi) is 10.8. The van der Waals surface area contributed by atoms with E-state index in [1.165, 1.54) is 30.7 Å². The number of hydrogen-bond acceptors (Lipinski definition) is 3. The van der Waals surface area contributed by atoms with E-state index in [1.54, 1.807) is 0 Å². The summed E-state index contributed by atoms with van der Waals surface area (Å²) in [6.07, 6.45) is -13.5. The summed E-state index contributed by atoms with van der Waals surface area (Å²) in [4.78, 5) is 0. The van der Waals surface area contributed by atoms with Crippen molar-refractivity contribution in [1.82, 2.24) is 0 Å². The van der Waals surface area contributed by atoms with Gasteiger partial charge in [-0.05, 0) is 34.1 Å². The van der Waals surface area contributed by atoms with Crippen molar-refractivity contribution in [2.45, 2.75) is 64.1 Å². The molecule has 0 aliphatic rings. The van der Waals surface area contributed by atoms with Gasteiger partial charge in [-0.2, -0.15) is 30.7 Å². The molecule has 0 rings (SSSR count). The highest BCUT2D eigenvalue weighted by atomic mass is 32.2. The molecule has 4 nitrogen and oxygen atoms in total. The lowest BCUT2D eigenvalue weighted by molar-refractivity contribution is -0.921. The molecule has 0 saturated heterocycles. The minimum atomic E-state index is -6.91. The van der Waals surface area contributed by atoms with Crippen LogP contribution in [0.5, 0.6) is 0 Å². The van der Waals surface area contributed by atoms with Crippen molar-refractivity contribution in [2.75, 3.05) is 26.2 Å². The second-order valence-corrected chi connectivity index (χ2v) is 7.24. The minimum absolute atomic E-state index is 1.28. The highest BCUT2D eigenvalue weighted by Gasteiger charge is 2.66. The van der Waals surface area contributed by atoms with E-state index in [2.05, 4.69) is 27.7 Å². The zero-order chi connectivity index (χ0) is 22.3. The molecule has 0 bridgehead atoms. The van der Waals surface area contributed by atoms with Gasteiger partial charge in [0.05, 0.1) is 26.2 Å². The van der Waals surface area contributed by atoms with Crippen molar-refractivity contribution in [1.29, 1.82) is 0 Å². The molecule has 0 saturated carbocycles. The summed E-state index contributed by atoms with van der Waals surface area (Å²) in [5, 5.41) is -6.33. The highest BCUT2D eigenvalue weighted by Crippen LogP contribution is 2.43. The second kappa shape index (κ2) is 10.2. The molecule has 27 heavy (non-hydrogen) atoms. The molecule has 0 aromatic carbocycles. The van der Waals surface area contributed by atoms with Crippen molar-refractivity contribution < 1.29 is 52.6 Å². The van der Waals surface area contributed by atoms with Crippen LogP contribution in [-0.2, 0) is 10.1 Å². The van der Waals surface area contributed by atoms with Gasteiger partial charge in [-0.1, -0.05) is 0 Å². The molecule has 0 amide bonds. The van der Waals surface area contributed by atoms with Gasteiger partial charge in [0.2, 0.25) is 0 Å². The maximum absolute atomic E-state index is 12.6. The summed E-state index contributed by atoms with van der Waals surface area (Å²) in [7, 11) is -6.91. The average Bonchev–Trinajstić information content (AvgIpc) is 2.54. The normalized spacial score (nSPS) is 15.1. The number of rotatable bonds is 9. The van der Waals surface area contributed by atoms with Gasteiger partial charge in [0.15, 0.2) is 16.3 Å². The van der Waals surface area contributed by atoms with E-state index in [9.17, 15) is 48.1 Å². The van der Waals surface area contributed by atoms with Gasteiger partial charge in [0.25, 0.3) is 0 Å². The Bertz CT molecular complexity index is 515. The fourth-order valence-electron chi connectivity index (χ4n) is 2.16. The van der Waals surface area contributed by atoms with Gasteiger partial charge >= 0.3 is 17.4 Å². The van der Waals surface area contributed by atoms with Crippen molar-refractivity contribution in [3.63, 3.8) is 0 Å². The van der Waals surface area contributed by atoms with Gasteiger partial charge in [-0.3, -0.25) is 0 Å². The van der Waals surface area contributed by atoms with Gasteiger partial charge in [-0.15, -0.1) is 0 Å². The number of halogens is 8. The third kappa shape index (κ3) is 8.06.